The van der Waals surface area contributed by atoms with Gasteiger partial charge in [-0.05, 0) is 43.9 Å². The molecule has 5 rings (SSSR count). The van der Waals surface area contributed by atoms with Crippen molar-refractivity contribution in [1.29, 1.82) is 0 Å². The van der Waals surface area contributed by atoms with E-state index in [0.717, 1.165) is 74.5 Å². The molecular weight excluding hydrogens is 420 g/mol. The Balaban J connectivity index is 1.21. The molecule has 2 aliphatic rings. The molecule has 172 valence electrons. The highest BCUT2D eigenvalue weighted by molar-refractivity contribution is 5.85. The Labute approximate surface area is 192 Å². The summed E-state index contributed by atoms with van der Waals surface area (Å²) in [6.45, 7) is 3.14. The molecule has 33 heavy (non-hydrogen) atoms. The van der Waals surface area contributed by atoms with E-state index < -0.39 is 6.09 Å². The summed E-state index contributed by atoms with van der Waals surface area (Å²) in [7, 11) is 0. The lowest BCUT2D eigenvalue weighted by molar-refractivity contribution is 0.122. The molecule has 8 heteroatoms. The number of carbonyl (C=O) groups is 1. The number of morpholine rings is 1. The fourth-order valence-corrected chi connectivity index (χ4v) is 4.42. The predicted octanol–water partition coefficient (Wildman–Crippen LogP) is 3.95. The van der Waals surface area contributed by atoms with Gasteiger partial charge in [0.25, 0.3) is 0 Å². The molecule has 1 aromatic heterocycles. The molecule has 2 heterocycles. The zero-order valence-electron chi connectivity index (χ0n) is 18.5. The molecule has 0 unspecified atom stereocenters. The maximum Gasteiger partial charge on any atom is 0.412 e. The van der Waals surface area contributed by atoms with Gasteiger partial charge in [-0.25, -0.2) is 9.78 Å². The van der Waals surface area contributed by atoms with E-state index in [1.165, 1.54) is 0 Å². The fraction of sp³-hybridized carbons (Fsp3) is 0.400. The number of rotatable bonds is 5. The molecule has 1 aliphatic carbocycles. The van der Waals surface area contributed by atoms with Crippen LogP contribution in [0.5, 0.6) is 11.5 Å². The topological polar surface area (TPSA) is 85.8 Å². The van der Waals surface area contributed by atoms with Crippen molar-refractivity contribution >= 4 is 22.8 Å². The van der Waals surface area contributed by atoms with Crippen LogP contribution in [0.15, 0.2) is 54.9 Å². The van der Waals surface area contributed by atoms with Gasteiger partial charge in [0.2, 0.25) is 0 Å². The van der Waals surface area contributed by atoms with Gasteiger partial charge in [0.05, 0.1) is 24.8 Å². The standard InChI is InChI=1S/C25H28N4O4/c30-25(33-20-4-2-1-3-5-20)28-18-6-8-21(9-7-18)32-23-17-19(29-12-14-31-15-13-29)16-22-24(23)27-11-10-26-22/h1-5,10-11,16-18,21H,6-9,12-15H2,(H,28,30)/t18-,21+. The smallest absolute Gasteiger partial charge is 0.412 e. The Bertz CT molecular complexity index is 1080. The van der Waals surface area contributed by atoms with Crippen molar-refractivity contribution in [2.24, 2.45) is 0 Å². The molecule has 3 aromatic rings. The van der Waals surface area contributed by atoms with Crippen LogP contribution >= 0.6 is 0 Å². The monoisotopic (exact) mass is 448 g/mol. The third-order valence-corrected chi connectivity index (χ3v) is 6.14. The number of fused-ring (bicyclic) bond motifs is 1. The number of benzene rings is 2. The first-order chi connectivity index (χ1) is 16.2. The molecule has 0 atom stereocenters. The van der Waals surface area contributed by atoms with Crippen LogP contribution in [0.4, 0.5) is 10.5 Å². The lowest BCUT2D eigenvalue weighted by Gasteiger charge is -2.31. The number of nitrogens with one attached hydrogen (secondary N) is 1. The van der Waals surface area contributed by atoms with Crippen molar-refractivity contribution < 1.29 is 19.0 Å². The van der Waals surface area contributed by atoms with Gasteiger partial charge in [0.15, 0.2) is 0 Å². The summed E-state index contributed by atoms with van der Waals surface area (Å²) in [5.74, 6) is 1.31. The summed E-state index contributed by atoms with van der Waals surface area (Å²) >= 11 is 0. The van der Waals surface area contributed by atoms with Crippen LogP contribution in [-0.4, -0.2) is 54.5 Å². The summed E-state index contributed by atoms with van der Waals surface area (Å²) in [6.07, 6.45) is 6.43. The van der Waals surface area contributed by atoms with Gasteiger partial charge in [-0.3, -0.25) is 4.98 Å². The van der Waals surface area contributed by atoms with Gasteiger partial charge < -0.3 is 24.4 Å². The number of hydrogen-bond donors (Lipinski definition) is 1. The molecule has 1 amide bonds. The van der Waals surface area contributed by atoms with Crippen LogP contribution in [0, 0.1) is 0 Å². The van der Waals surface area contributed by atoms with Gasteiger partial charge >= 0.3 is 6.09 Å². The summed E-state index contributed by atoms with van der Waals surface area (Å²) in [4.78, 5) is 23.5. The highest BCUT2D eigenvalue weighted by Gasteiger charge is 2.25. The number of amides is 1. The van der Waals surface area contributed by atoms with Crippen LogP contribution in [0.1, 0.15) is 25.7 Å². The van der Waals surface area contributed by atoms with Crippen molar-refractivity contribution in [2.75, 3.05) is 31.2 Å². The molecule has 1 N–H and O–H groups in total. The minimum atomic E-state index is -0.412. The SMILES string of the molecule is O=C(N[C@H]1CC[C@@H](Oc2cc(N3CCOCC3)cc3nccnc23)CC1)Oc1ccccc1. The second-order valence-electron chi connectivity index (χ2n) is 8.41. The van der Waals surface area contributed by atoms with E-state index in [1.54, 1.807) is 24.5 Å². The first-order valence-corrected chi connectivity index (χ1v) is 11.5. The Morgan fingerprint density at radius 2 is 1.76 bits per heavy atom. The van der Waals surface area contributed by atoms with E-state index in [9.17, 15) is 4.79 Å². The Morgan fingerprint density at radius 3 is 2.55 bits per heavy atom. The number of aromatic nitrogens is 2. The van der Waals surface area contributed by atoms with Gasteiger partial charge in [-0.2, -0.15) is 0 Å². The molecular formula is C25H28N4O4. The van der Waals surface area contributed by atoms with Crippen molar-refractivity contribution in [1.82, 2.24) is 15.3 Å². The first kappa shape index (κ1) is 21.5. The first-order valence-electron chi connectivity index (χ1n) is 11.5. The molecule has 8 nitrogen and oxygen atoms in total. The number of anilines is 1. The number of nitrogens with zero attached hydrogens (tertiary/aromatic N) is 3. The number of para-hydroxylation sites is 1. The second kappa shape index (κ2) is 10.0. The van der Waals surface area contributed by atoms with Crippen molar-refractivity contribution in [3.8, 4) is 11.5 Å². The zero-order valence-corrected chi connectivity index (χ0v) is 18.5. The largest absolute Gasteiger partial charge is 0.488 e. The zero-order chi connectivity index (χ0) is 22.5. The summed E-state index contributed by atoms with van der Waals surface area (Å²) in [5, 5.41) is 2.98. The van der Waals surface area contributed by atoms with E-state index in [0.29, 0.717) is 5.75 Å². The van der Waals surface area contributed by atoms with Gasteiger partial charge in [-0.1, -0.05) is 18.2 Å². The average molecular weight is 449 g/mol. The minimum Gasteiger partial charge on any atom is -0.488 e. The van der Waals surface area contributed by atoms with Crippen LogP contribution in [-0.2, 0) is 4.74 Å². The third-order valence-electron chi connectivity index (χ3n) is 6.14. The average Bonchev–Trinajstić information content (AvgIpc) is 2.86. The minimum absolute atomic E-state index is 0.0679. The van der Waals surface area contributed by atoms with Crippen molar-refractivity contribution in [3.05, 3.63) is 54.9 Å². The van der Waals surface area contributed by atoms with Gasteiger partial charge in [0, 0.05) is 43.3 Å². The number of carbonyl (C=O) groups excluding carboxylic acids is 1. The lowest BCUT2D eigenvalue weighted by Crippen LogP contribution is -2.41. The summed E-state index contributed by atoms with van der Waals surface area (Å²) < 4.78 is 17.3. The Kier molecular flexibility index (Phi) is 6.53. The molecule has 1 saturated heterocycles. The van der Waals surface area contributed by atoms with E-state index in [2.05, 4.69) is 32.3 Å². The summed E-state index contributed by atoms with van der Waals surface area (Å²) in [5.41, 5.74) is 2.69. The van der Waals surface area contributed by atoms with E-state index in [1.807, 2.05) is 18.2 Å². The quantitative estimate of drug-likeness (QED) is 0.633. The van der Waals surface area contributed by atoms with Crippen molar-refractivity contribution in [3.63, 3.8) is 0 Å². The van der Waals surface area contributed by atoms with Crippen LogP contribution in [0.3, 0.4) is 0 Å². The fourth-order valence-electron chi connectivity index (χ4n) is 4.42. The number of hydrogen-bond acceptors (Lipinski definition) is 7. The van der Waals surface area contributed by atoms with E-state index >= 15 is 0 Å². The summed E-state index contributed by atoms with van der Waals surface area (Å²) in [6, 6.07) is 13.3. The van der Waals surface area contributed by atoms with Crippen LogP contribution in [0.2, 0.25) is 0 Å². The third kappa shape index (κ3) is 5.34. The normalized spacial score (nSPS) is 20.9. The van der Waals surface area contributed by atoms with Gasteiger partial charge in [0.1, 0.15) is 17.0 Å². The van der Waals surface area contributed by atoms with E-state index in [4.69, 9.17) is 14.2 Å². The lowest BCUT2D eigenvalue weighted by atomic mass is 9.93. The number of ether oxygens (including phenoxy) is 3. The molecule has 1 aliphatic heterocycles. The molecule has 0 bridgehead atoms. The Hall–Kier alpha value is -3.39. The molecule has 0 spiro atoms. The predicted molar refractivity (Wildman–Crippen MR) is 125 cm³/mol. The van der Waals surface area contributed by atoms with Crippen molar-refractivity contribution in [2.45, 2.75) is 37.8 Å². The molecule has 0 radical (unpaired) electrons. The Morgan fingerprint density at radius 1 is 1.00 bits per heavy atom. The van der Waals surface area contributed by atoms with E-state index in [-0.39, 0.29) is 12.1 Å². The molecule has 2 fully saturated rings. The maximum absolute atomic E-state index is 12.2. The van der Waals surface area contributed by atoms with Crippen LogP contribution < -0.4 is 19.7 Å². The second-order valence-corrected chi connectivity index (χ2v) is 8.41. The molecule has 1 saturated carbocycles. The van der Waals surface area contributed by atoms with Gasteiger partial charge in [-0.15, -0.1) is 0 Å². The maximum atomic E-state index is 12.2. The van der Waals surface area contributed by atoms with Crippen LogP contribution in [0.25, 0.3) is 11.0 Å². The highest BCUT2D eigenvalue weighted by atomic mass is 16.6. The molecule has 2 aromatic carbocycles. The highest BCUT2D eigenvalue weighted by Crippen LogP contribution is 2.33.